The van der Waals surface area contributed by atoms with Gasteiger partial charge in [-0.3, -0.25) is 4.79 Å². The molecule has 1 saturated heterocycles. The van der Waals surface area contributed by atoms with Crippen LogP contribution in [0.2, 0.25) is 0 Å². The fourth-order valence-corrected chi connectivity index (χ4v) is 2.60. The summed E-state index contributed by atoms with van der Waals surface area (Å²) in [6.45, 7) is 3.40. The van der Waals surface area contributed by atoms with Crippen LogP contribution in [0.3, 0.4) is 0 Å². The summed E-state index contributed by atoms with van der Waals surface area (Å²) in [6, 6.07) is 9.65. The fourth-order valence-electron chi connectivity index (χ4n) is 2.60. The smallest absolute Gasteiger partial charge is 0.292 e. The summed E-state index contributed by atoms with van der Waals surface area (Å²) in [4.78, 5) is 14.0. The standard InChI is InChI=1S/C17H20N2O3/c1-12-5-7-13(8-6-12)15-10-16(22-18-15)17(20)19(2)11-14-4-3-9-21-14/h5-8,10,14H,3-4,9,11H2,1-2H3/t14-/m0/s1. The Hall–Kier alpha value is -2.14. The number of amides is 1. The molecule has 2 heterocycles. The van der Waals surface area contributed by atoms with Crippen LogP contribution in [-0.4, -0.2) is 42.3 Å². The summed E-state index contributed by atoms with van der Waals surface area (Å²) < 4.78 is 10.8. The van der Waals surface area contributed by atoms with Crippen molar-refractivity contribution in [1.29, 1.82) is 0 Å². The zero-order valence-corrected chi connectivity index (χ0v) is 12.9. The summed E-state index contributed by atoms with van der Waals surface area (Å²) in [7, 11) is 1.76. The van der Waals surface area contributed by atoms with Crippen LogP contribution in [0.5, 0.6) is 0 Å². The van der Waals surface area contributed by atoms with Gasteiger partial charge in [0.05, 0.1) is 6.10 Å². The molecule has 0 saturated carbocycles. The van der Waals surface area contributed by atoms with Crippen LogP contribution >= 0.6 is 0 Å². The molecule has 0 bridgehead atoms. The summed E-state index contributed by atoms with van der Waals surface area (Å²) in [5, 5.41) is 4.00. The summed E-state index contributed by atoms with van der Waals surface area (Å²) >= 11 is 0. The van der Waals surface area contributed by atoms with Crippen molar-refractivity contribution < 1.29 is 14.1 Å². The van der Waals surface area contributed by atoms with Gasteiger partial charge in [0.25, 0.3) is 5.91 Å². The molecule has 1 atom stereocenters. The first-order valence-electron chi connectivity index (χ1n) is 7.54. The van der Waals surface area contributed by atoms with Gasteiger partial charge in [-0.05, 0) is 19.8 Å². The molecular weight excluding hydrogens is 280 g/mol. The largest absolute Gasteiger partial charge is 0.376 e. The van der Waals surface area contributed by atoms with Gasteiger partial charge < -0.3 is 14.2 Å². The Balaban J connectivity index is 1.69. The highest BCUT2D eigenvalue weighted by atomic mass is 16.5. The first kappa shape index (κ1) is 14.8. The second-order valence-corrected chi connectivity index (χ2v) is 5.76. The van der Waals surface area contributed by atoms with Crippen molar-refractivity contribution in [1.82, 2.24) is 10.1 Å². The average molecular weight is 300 g/mol. The highest BCUT2D eigenvalue weighted by Crippen LogP contribution is 2.21. The maximum atomic E-state index is 12.4. The van der Waals surface area contributed by atoms with E-state index >= 15 is 0 Å². The van der Waals surface area contributed by atoms with E-state index in [4.69, 9.17) is 9.26 Å². The fraction of sp³-hybridized carbons (Fsp3) is 0.412. The maximum absolute atomic E-state index is 12.4. The van der Waals surface area contributed by atoms with Gasteiger partial charge in [0.15, 0.2) is 0 Å². The van der Waals surface area contributed by atoms with Crippen LogP contribution in [0, 0.1) is 6.92 Å². The number of ether oxygens (including phenoxy) is 1. The molecule has 5 nitrogen and oxygen atoms in total. The highest BCUT2D eigenvalue weighted by Gasteiger charge is 2.23. The molecule has 1 aliphatic rings. The van der Waals surface area contributed by atoms with Crippen molar-refractivity contribution in [3.8, 4) is 11.3 Å². The minimum Gasteiger partial charge on any atom is -0.376 e. The third-order valence-electron chi connectivity index (χ3n) is 3.92. The van der Waals surface area contributed by atoms with Gasteiger partial charge in [-0.15, -0.1) is 0 Å². The van der Waals surface area contributed by atoms with Gasteiger partial charge in [-0.2, -0.15) is 0 Å². The van der Waals surface area contributed by atoms with Crippen LogP contribution < -0.4 is 0 Å². The lowest BCUT2D eigenvalue weighted by molar-refractivity contribution is 0.0557. The topological polar surface area (TPSA) is 55.6 Å². The SMILES string of the molecule is Cc1ccc(-c2cc(C(=O)N(C)C[C@@H]3CCCO3)on2)cc1. The molecule has 1 aromatic carbocycles. The maximum Gasteiger partial charge on any atom is 0.292 e. The van der Waals surface area contributed by atoms with Crippen molar-refractivity contribution in [3.63, 3.8) is 0 Å². The molecule has 0 N–H and O–H groups in total. The number of hydrogen-bond acceptors (Lipinski definition) is 4. The van der Waals surface area contributed by atoms with E-state index in [9.17, 15) is 4.79 Å². The van der Waals surface area contributed by atoms with Crippen molar-refractivity contribution in [2.45, 2.75) is 25.9 Å². The van der Waals surface area contributed by atoms with Crippen molar-refractivity contribution >= 4 is 5.91 Å². The van der Waals surface area contributed by atoms with Crippen LogP contribution in [0.4, 0.5) is 0 Å². The first-order valence-corrected chi connectivity index (χ1v) is 7.54. The van der Waals surface area contributed by atoms with E-state index in [1.165, 1.54) is 5.56 Å². The molecule has 1 aromatic heterocycles. The first-order chi connectivity index (χ1) is 10.6. The summed E-state index contributed by atoms with van der Waals surface area (Å²) in [5.74, 6) is 0.0948. The molecule has 22 heavy (non-hydrogen) atoms. The summed E-state index contributed by atoms with van der Waals surface area (Å²) in [5.41, 5.74) is 2.80. The van der Waals surface area contributed by atoms with E-state index in [1.807, 2.05) is 31.2 Å². The Bertz CT molecular complexity index is 642. The Labute approximate surface area is 129 Å². The van der Waals surface area contributed by atoms with E-state index in [1.54, 1.807) is 18.0 Å². The predicted molar refractivity (Wildman–Crippen MR) is 82.6 cm³/mol. The van der Waals surface area contributed by atoms with Gasteiger partial charge in [0.2, 0.25) is 5.76 Å². The lowest BCUT2D eigenvalue weighted by Crippen LogP contribution is -2.33. The molecule has 0 aliphatic carbocycles. The van der Waals surface area contributed by atoms with E-state index in [0.717, 1.165) is 25.0 Å². The second kappa shape index (κ2) is 6.32. The monoisotopic (exact) mass is 300 g/mol. The number of aromatic nitrogens is 1. The molecular formula is C17H20N2O3. The molecule has 116 valence electrons. The van der Waals surface area contributed by atoms with Crippen LogP contribution in [0.1, 0.15) is 29.0 Å². The van der Waals surface area contributed by atoms with E-state index in [0.29, 0.717) is 12.2 Å². The normalized spacial score (nSPS) is 17.6. The number of carbonyl (C=O) groups is 1. The van der Waals surface area contributed by atoms with E-state index < -0.39 is 0 Å². The van der Waals surface area contributed by atoms with Crippen molar-refractivity contribution in [2.75, 3.05) is 20.2 Å². The number of carbonyl (C=O) groups excluding carboxylic acids is 1. The summed E-state index contributed by atoms with van der Waals surface area (Å²) in [6.07, 6.45) is 2.20. The zero-order chi connectivity index (χ0) is 15.5. The van der Waals surface area contributed by atoms with Gasteiger partial charge in [0, 0.05) is 31.8 Å². The van der Waals surface area contributed by atoms with Crippen molar-refractivity contribution in [3.05, 3.63) is 41.7 Å². The van der Waals surface area contributed by atoms with Gasteiger partial charge in [-0.1, -0.05) is 35.0 Å². The third-order valence-corrected chi connectivity index (χ3v) is 3.92. The second-order valence-electron chi connectivity index (χ2n) is 5.76. The van der Waals surface area contributed by atoms with E-state index in [-0.39, 0.29) is 17.8 Å². The molecule has 2 aromatic rings. The number of aryl methyl sites for hydroxylation is 1. The lowest BCUT2D eigenvalue weighted by atomic mass is 10.1. The quantitative estimate of drug-likeness (QED) is 0.871. The Morgan fingerprint density at radius 2 is 2.14 bits per heavy atom. The molecule has 0 spiro atoms. The number of hydrogen-bond donors (Lipinski definition) is 0. The number of nitrogens with zero attached hydrogens (tertiary/aromatic N) is 2. The molecule has 0 radical (unpaired) electrons. The minimum atomic E-state index is -0.165. The Morgan fingerprint density at radius 1 is 1.36 bits per heavy atom. The van der Waals surface area contributed by atoms with Crippen molar-refractivity contribution in [2.24, 2.45) is 0 Å². The van der Waals surface area contributed by atoms with Gasteiger partial charge >= 0.3 is 0 Å². The van der Waals surface area contributed by atoms with Gasteiger partial charge in [-0.25, -0.2) is 0 Å². The van der Waals surface area contributed by atoms with Crippen LogP contribution in [0.25, 0.3) is 11.3 Å². The number of rotatable bonds is 4. The van der Waals surface area contributed by atoms with Gasteiger partial charge in [0.1, 0.15) is 5.69 Å². The molecule has 0 unspecified atom stereocenters. The Morgan fingerprint density at radius 3 is 2.82 bits per heavy atom. The minimum absolute atomic E-state index is 0.133. The number of benzene rings is 1. The highest BCUT2D eigenvalue weighted by molar-refractivity contribution is 5.92. The third kappa shape index (κ3) is 3.20. The molecule has 3 rings (SSSR count). The predicted octanol–water partition coefficient (Wildman–Crippen LogP) is 2.90. The lowest BCUT2D eigenvalue weighted by Gasteiger charge is -2.19. The average Bonchev–Trinajstić information content (AvgIpc) is 3.18. The molecule has 5 heteroatoms. The van der Waals surface area contributed by atoms with Crippen LogP contribution in [0.15, 0.2) is 34.9 Å². The Kier molecular flexibility index (Phi) is 4.24. The van der Waals surface area contributed by atoms with Crippen LogP contribution in [-0.2, 0) is 4.74 Å². The molecule has 1 fully saturated rings. The molecule has 1 amide bonds. The number of likely N-dealkylation sites (N-methyl/N-ethyl adjacent to an activating group) is 1. The molecule has 1 aliphatic heterocycles. The van der Waals surface area contributed by atoms with E-state index in [2.05, 4.69) is 5.16 Å². The zero-order valence-electron chi connectivity index (χ0n) is 12.9.